The predicted molar refractivity (Wildman–Crippen MR) is 250 cm³/mol. The number of nitrogens with one attached hydrogen (secondary N) is 1. The average Bonchev–Trinajstić information content (AvgIpc) is 3.24. The molecule has 0 aromatic heterocycles. The highest BCUT2D eigenvalue weighted by molar-refractivity contribution is 7.47. The van der Waals surface area contributed by atoms with E-state index in [2.05, 4.69) is 31.3 Å². The Kier molecular flexibility index (Phi) is 43.5. The van der Waals surface area contributed by atoms with Gasteiger partial charge in [0.05, 0.1) is 13.2 Å². The first-order valence-corrected chi connectivity index (χ1v) is 26.7. The maximum absolute atomic E-state index is 12.4. The second kappa shape index (κ2) is 44.8. The molecule has 4 N–H and O–H groups in total. The molecule has 0 rings (SSSR count). The van der Waals surface area contributed by atoms with Crippen LogP contribution in [0.3, 0.4) is 0 Å². The van der Waals surface area contributed by atoms with E-state index in [4.69, 9.17) is 13.8 Å². The van der Waals surface area contributed by atoms with Crippen LogP contribution in [0.1, 0.15) is 251 Å². The Bertz CT molecular complexity index is 1090. The molecule has 0 fully saturated rings. The lowest BCUT2D eigenvalue weighted by Gasteiger charge is -2.18. The molecule has 0 saturated carbocycles. The Morgan fingerprint density at radius 2 is 0.852 bits per heavy atom. The summed E-state index contributed by atoms with van der Waals surface area (Å²) in [4.78, 5) is 46.0. The highest BCUT2D eigenvalue weighted by Crippen LogP contribution is 2.43. The zero-order valence-electron chi connectivity index (χ0n) is 39.2. The minimum absolute atomic E-state index is 0.151. The number of aliphatic carboxylic acids is 1. The number of phosphoric ester groups is 1. The maximum atomic E-state index is 12.4. The van der Waals surface area contributed by atoms with Gasteiger partial charge in [-0.15, -0.1) is 0 Å². The number of aliphatic hydroxyl groups excluding tert-OH is 1. The first kappa shape index (κ1) is 59.2. The van der Waals surface area contributed by atoms with E-state index in [0.29, 0.717) is 12.8 Å². The molecule has 12 heteroatoms. The van der Waals surface area contributed by atoms with Crippen LogP contribution in [0.25, 0.3) is 0 Å². The largest absolute Gasteiger partial charge is 0.480 e. The number of carboxylic acids is 1. The van der Waals surface area contributed by atoms with E-state index in [1.165, 1.54) is 154 Å². The number of carbonyl (C=O) groups is 3. The molecule has 0 radical (unpaired) electrons. The smallest absolute Gasteiger partial charge is 0.472 e. The molecule has 3 unspecified atom stereocenters. The van der Waals surface area contributed by atoms with Gasteiger partial charge in [-0.3, -0.25) is 18.6 Å². The van der Waals surface area contributed by atoms with Crippen LogP contribution in [-0.4, -0.2) is 64.9 Å². The molecule has 0 heterocycles. The van der Waals surface area contributed by atoms with Gasteiger partial charge < -0.3 is 25.2 Å². The molecule has 0 aliphatic carbocycles. The van der Waals surface area contributed by atoms with Crippen LogP contribution in [0.4, 0.5) is 0 Å². The number of carbonyl (C=O) groups excluding carboxylic acids is 2. The quantitative estimate of drug-likeness (QED) is 0.0200. The van der Waals surface area contributed by atoms with Crippen LogP contribution in [-0.2, 0) is 32.7 Å². The molecule has 61 heavy (non-hydrogen) atoms. The third-order valence-corrected chi connectivity index (χ3v) is 12.3. The Hall–Kier alpha value is -1.78. The molecule has 0 saturated heterocycles. The molecule has 0 aromatic carbocycles. The topological polar surface area (TPSA) is 169 Å². The first-order chi connectivity index (χ1) is 29.6. The molecule has 0 spiro atoms. The number of allylic oxidation sites excluding steroid dienone is 2. The van der Waals surface area contributed by atoms with Crippen molar-refractivity contribution < 1.29 is 47.8 Å². The van der Waals surface area contributed by atoms with Crippen LogP contribution in [0.15, 0.2) is 12.2 Å². The molecule has 1 amide bonds. The number of hydrogen-bond acceptors (Lipinski definition) is 8. The zero-order chi connectivity index (χ0) is 44.9. The van der Waals surface area contributed by atoms with Gasteiger partial charge in [0, 0.05) is 12.8 Å². The number of unbranched alkanes of at least 4 members (excludes halogenated alkanes) is 32. The summed E-state index contributed by atoms with van der Waals surface area (Å²) in [5.41, 5.74) is 0. The lowest BCUT2D eigenvalue weighted by atomic mass is 10.0. The summed E-state index contributed by atoms with van der Waals surface area (Å²) >= 11 is 0. The second-order valence-corrected chi connectivity index (χ2v) is 18.8. The normalized spacial score (nSPS) is 13.6. The lowest BCUT2D eigenvalue weighted by Crippen LogP contribution is -2.43. The number of aliphatic hydroxyl groups is 1. The number of carboxylic acid groups (broad SMARTS) is 1. The number of ether oxygens (including phenoxy) is 1. The van der Waals surface area contributed by atoms with Crippen molar-refractivity contribution in [3.8, 4) is 0 Å². The number of hydrogen-bond donors (Lipinski definition) is 4. The minimum atomic E-state index is -4.76. The molecule has 3 atom stereocenters. The number of amides is 1. The molecule has 11 nitrogen and oxygen atoms in total. The average molecular weight is 888 g/mol. The SMILES string of the molecule is CCCCCCC/C=C\CCCCCCCC(=O)OCC(O)COP(=O)(O)OCC(NC(=O)CCCCCCCCCCCCCCCCCCCCCCCCC)C(=O)O. The standard InChI is InChI=1S/C49H94NO10P/c1-3-5-7-9-11-13-15-17-19-20-21-22-23-24-25-26-27-28-30-32-34-36-38-40-47(52)50-46(49(54)55)44-60-61(56,57)59-43-45(51)42-58-48(53)41-39-37-35-33-31-29-18-16-14-12-10-8-6-4-2/h16,18,45-46,51H,3-15,17,19-44H2,1-2H3,(H,50,52)(H,54,55)(H,56,57)/b18-16-. The van der Waals surface area contributed by atoms with Crippen molar-refractivity contribution >= 4 is 25.7 Å². The lowest BCUT2D eigenvalue weighted by molar-refractivity contribution is -0.147. The molecular weight excluding hydrogens is 794 g/mol. The monoisotopic (exact) mass is 888 g/mol. The van der Waals surface area contributed by atoms with Gasteiger partial charge in [0.25, 0.3) is 0 Å². The Morgan fingerprint density at radius 1 is 0.508 bits per heavy atom. The maximum Gasteiger partial charge on any atom is 0.472 e. The van der Waals surface area contributed by atoms with Gasteiger partial charge in [0.1, 0.15) is 12.7 Å². The van der Waals surface area contributed by atoms with Crippen LogP contribution < -0.4 is 5.32 Å². The Balaban J connectivity index is 3.79. The fourth-order valence-corrected chi connectivity index (χ4v) is 8.14. The summed E-state index contributed by atoms with van der Waals surface area (Å²) in [7, 11) is -4.76. The summed E-state index contributed by atoms with van der Waals surface area (Å²) in [6, 6.07) is -1.54. The van der Waals surface area contributed by atoms with Crippen molar-refractivity contribution in [1.82, 2.24) is 5.32 Å². The molecule has 0 aliphatic heterocycles. The molecular formula is C49H94NO10P. The van der Waals surface area contributed by atoms with Crippen molar-refractivity contribution in [1.29, 1.82) is 0 Å². The van der Waals surface area contributed by atoms with Gasteiger partial charge in [0.2, 0.25) is 5.91 Å². The molecule has 0 bridgehead atoms. The third kappa shape index (κ3) is 44.6. The van der Waals surface area contributed by atoms with Gasteiger partial charge in [0.15, 0.2) is 6.04 Å². The van der Waals surface area contributed by atoms with E-state index in [0.717, 1.165) is 57.8 Å². The van der Waals surface area contributed by atoms with Crippen molar-refractivity contribution in [2.75, 3.05) is 19.8 Å². The number of rotatable bonds is 48. The second-order valence-electron chi connectivity index (χ2n) is 17.4. The van der Waals surface area contributed by atoms with Gasteiger partial charge in [-0.1, -0.05) is 212 Å². The highest BCUT2D eigenvalue weighted by Gasteiger charge is 2.28. The van der Waals surface area contributed by atoms with Crippen molar-refractivity contribution in [3.05, 3.63) is 12.2 Å². The fraction of sp³-hybridized carbons (Fsp3) is 0.898. The predicted octanol–water partition coefficient (Wildman–Crippen LogP) is 13.6. The van der Waals surface area contributed by atoms with E-state index < -0.39 is 57.6 Å². The summed E-state index contributed by atoms with van der Waals surface area (Å²) in [6.45, 7) is 2.62. The van der Waals surface area contributed by atoms with Crippen molar-refractivity contribution in [3.63, 3.8) is 0 Å². The van der Waals surface area contributed by atoms with E-state index >= 15 is 0 Å². The van der Waals surface area contributed by atoms with Gasteiger partial charge in [-0.2, -0.15) is 0 Å². The molecule has 0 aliphatic rings. The van der Waals surface area contributed by atoms with Crippen LogP contribution in [0.2, 0.25) is 0 Å². The minimum Gasteiger partial charge on any atom is -0.480 e. The summed E-state index contributed by atoms with van der Waals surface area (Å²) in [5.74, 6) is -2.36. The summed E-state index contributed by atoms with van der Waals surface area (Å²) < 4.78 is 26.9. The van der Waals surface area contributed by atoms with Gasteiger partial charge in [-0.25, -0.2) is 9.36 Å². The molecule has 360 valence electrons. The fourth-order valence-electron chi connectivity index (χ4n) is 7.37. The van der Waals surface area contributed by atoms with Gasteiger partial charge in [-0.05, 0) is 38.5 Å². The van der Waals surface area contributed by atoms with Crippen LogP contribution >= 0.6 is 7.82 Å². The van der Waals surface area contributed by atoms with E-state index in [9.17, 15) is 34.1 Å². The van der Waals surface area contributed by atoms with E-state index in [1.54, 1.807) is 0 Å². The van der Waals surface area contributed by atoms with Crippen molar-refractivity contribution in [2.24, 2.45) is 0 Å². The van der Waals surface area contributed by atoms with E-state index in [-0.39, 0.29) is 12.8 Å². The Morgan fingerprint density at radius 3 is 1.25 bits per heavy atom. The summed E-state index contributed by atoms with van der Waals surface area (Å²) in [5, 5.41) is 21.9. The first-order valence-electron chi connectivity index (χ1n) is 25.2. The van der Waals surface area contributed by atoms with Gasteiger partial charge >= 0.3 is 19.8 Å². The summed E-state index contributed by atoms with van der Waals surface area (Å²) in [6.07, 6.45) is 46.7. The van der Waals surface area contributed by atoms with Crippen LogP contribution in [0, 0.1) is 0 Å². The van der Waals surface area contributed by atoms with Crippen LogP contribution in [0.5, 0.6) is 0 Å². The Labute approximate surface area is 373 Å². The number of esters is 1. The van der Waals surface area contributed by atoms with E-state index in [1.807, 2.05) is 0 Å². The zero-order valence-corrected chi connectivity index (χ0v) is 40.1. The highest BCUT2D eigenvalue weighted by atomic mass is 31.2. The number of phosphoric acid groups is 1. The third-order valence-electron chi connectivity index (χ3n) is 11.3. The van der Waals surface area contributed by atoms with Crippen molar-refractivity contribution in [2.45, 2.75) is 264 Å². The molecule has 0 aromatic rings.